The molecule has 1 saturated heterocycles. The summed E-state index contributed by atoms with van der Waals surface area (Å²) in [6.45, 7) is 2.58. The minimum atomic E-state index is -0.936. The molecule has 0 aliphatic carbocycles. The molecule has 2 aliphatic rings. The predicted molar refractivity (Wildman–Crippen MR) is 112 cm³/mol. The first-order valence-electron chi connectivity index (χ1n) is 10.2. The van der Waals surface area contributed by atoms with E-state index in [0.717, 1.165) is 5.56 Å². The summed E-state index contributed by atoms with van der Waals surface area (Å²) < 4.78 is 12.2. The van der Waals surface area contributed by atoms with Gasteiger partial charge in [-0.25, -0.2) is 0 Å². The van der Waals surface area contributed by atoms with E-state index in [1.165, 1.54) is 21.7 Å². The Morgan fingerprint density at radius 1 is 1.25 bits per heavy atom. The fraction of sp³-hybridized carbons (Fsp3) is 0.273. The van der Waals surface area contributed by atoms with Crippen molar-refractivity contribution < 1.29 is 24.0 Å². The van der Waals surface area contributed by atoms with E-state index in [1.54, 1.807) is 0 Å². The number of anilines is 1. The molecule has 1 fully saturated rings. The molecule has 2 amide bonds. The highest BCUT2D eigenvalue weighted by molar-refractivity contribution is 6.05. The maximum absolute atomic E-state index is 12.9. The van der Waals surface area contributed by atoms with E-state index in [9.17, 15) is 19.5 Å². The largest absolute Gasteiger partial charge is 0.503 e. The molecule has 2 N–H and O–H groups in total. The normalized spacial score (nSPS) is 19.9. The van der Waals surface area contributed by atoms with Crippen LogP contribution in [0.4, 0.5) is 5.88 Å². The van der Waals surface area contributed by atoms with Crippen LogP contribution in [-0.2, 0) is 11.3 Å². The average Bonchev–Trinajstić information content (AvgIpc) is 3.25. The topological polar surface area (TPSA) is 127 Å². The van der Waals surface area contributed by atoms with Gasteiger partial charge in [0.1, 0.15) is 11.3 Å². The molecule has 3 aromatic rings. The van der Waals surface area contributed by atoms with Gasteiger partial charge in [-0.3, -0.25) is 19.7 Å². The molecule has 32 heavy (non-hydrogen) atoms. The van der Waals surface area contributed by atoms with Crippen molar-refractivity contribution in [1.82, 2.24) is 14.6 Å². The Labute approximate surface area is 182 Å². The molecular formula is C22H20N4O6. The lowest BCUT2D eigenvalue weighted by atomic mass is 10.1. The molecule has 164 valence electrons. The number of hydrogen-bond acceptors (Lipinski definition) is 7. The number of carbonyl (C=O) groups excluding carboxylic acids is 2. The maximum Gasteiger partial charge on any atom is 0.276 e. The van der Waals surface area contributed by atoms with Crippen molar-refractivity contribution >= 4 is 17.7 Å². The summed E-state index contributed by atoms with van der Waals surface area (Å²) in [4.78, 5) is 40.0. The molecule has 2 atom stereocenters. The molecule has 5 rings (SSSR count). The van der Waals surface area contributed by atoms with Gasteiger partial charge < -0.3 is 23.8 Å². The fourth-order valence-electron chi connectivity index (χ4n) is 4.08. The molecule has 2 aromatic heterocycles. The first-order chi connectivity index (χ1) is 15.4. The Morgan fingerprint density at radius 3 is 2.81 bits per heavy atom. The molecule has 1 aromatic carbocycles. The van der Waals surface area contributed by atoms with Gasteiger partial charge in [0.05, 0.1) is 13.2 Å². The van der Waals surface area contributed by atoms with Crippen molar-refractivity contribution in [2.45, 2.75) is 32.2 Å². The number of pyridine rings is 1. The van der Waals surface area contributed by atoms with Crippen molar-refractivity contribution in [2.75, 3.05) is 11.9 Å². The summed E-state index contributed by atoms with van der Waals surface area (Å²) in [5.41, 5.74) is -0.0951. The summed E-state index contributed by atoms with van der Waals surface area (Å²) in [7, 11) is 0. The average molecular weight is 436 g/mol. The van der Waals surface area contributed by atoms with Crippen molar-refractivity contribution in [3.63, 3.8) is 0 Å². The van der Waals surface area contributed by atoms with Crippen molar-refractivity contribution in [3.8, 4) is 17.0 Å². The zero-order valence-corrected chi connectivity index (χ0v) is 17.1. The number of fused-ring (bicyclic) bond motifs is 2. The summed E-state index contributed by atoms with van der Waals surface area (Å²) >= 11 is 0. The molecular weight excluding hydrogens is 416 g/mol. The minimum Gasteiger partial charge on any atom is -0.503 e. The Kier molecular flexibility index (Phi) is 4.78. The van der Waals surface area contributed by atoms with E-state index in [1.807, 2.05) is 37.3 Å². The molecule has 0 bridgehead atoms. The highest BCUT2D eigenvalue weighted by Crippen LogP contribution is 2.29. The zero-order valence-electron chi connectivity index (χ0n) is 17.1. The second-order valence-corrected chi connectivity index (χ2v) is 7.79. The number of amides is 2. The van der Waals surface area contributed by atoms with Gasteiger partial charge >= 0.3 is 0 Å². The number of hydrogen-bond donors (Lipinski definition) is 2. The third kappa shape index (κ3) is 3.25. The van der Waals surface area contributed by atoms with E-state index >= 15 is 0 Å². The van der Waals surface area contributed by atoms with Crippen LogP contribution in [-0.4, -0.2) is 50.4 Å². The van der Waals surface area contributed by atoms with Gasteiger partial charge in [0.2, 0.25) is 11.3 Å². The van der Waals surface area contributed by atoms with Gasteiger partial charge in [-0.2, -0.15) is 0 Å². The smallest absolute Gasteiger partial charge is 0.276 e. The van der Waals surface area contributed by atoms with Crippen molar-refractivity contribution in [1.29, 1.82) is 0 Å². The molecule has 2 aliphatic heterocycles. The minimum absolute atomic E-state index is 0.0437. The predicted octanol–water partition coefficient (Wildman–Crippen LogP) is 2.05. The number of nitrogens with one attached hydrogen (secondary N) is 1. The van der Waals surface area contributed by atoms with Crippen LogP contribution in [0.25, 0.3) is 11.3 Å². The van der Waals surface area contributed by atoms with Crippen molar-refractivity contribution in [2.24, 2.45) is 0 Å². The van der Waals surface area contributed by atoms with Gasteiger partial charge in [-0.05, 0) is 13.3 Å². The van der Waals surface area contributed by atoms with E-state index in [0.29, 0.717) is 18.7 Å². The van der Waals surface area contributed by atoms with E-state index in [-0.39, 0.29) is 29.7 Å². The lowest BCUT2D eigenvalue weighted by molar-refractivity contribution is -0.112. The summed E-state index contributed by atoms with van der Waals surface area (Å²) in [5, 5.41) is 16.9. The van der Waals surface area contributed by atoms with Gasteiger partial charge in [-0.1, -0.05) is 35.5 Å². The lowest BCUT2D eigenvalue weighted by Crippen LogP contribution is -2.57. The summed E-state index contributed by atoms with van der Waals surface area (Å²) in [6.07, 6.45) is 1.40. The van der Waals surface area contributed by atoms with E-state index < -0.39 is 29.2 Å². The molecule has 0 spiro atoms. The van der Waals surface area contributed by atoms with Gasteiger partial charge in [-0.15, -0.1) is 0 Å². The van der Waals surface area contributed by atoms with Gasteiger partial charge in [0, 0.05) is 23.9 Å². The summed E-state index contributed by atoms with van der Waals surface area (Å²) in [6, 6.07) is 10.7. The SMILES string of the molecule is C[C@@H]1CCO[C@H]2Cn3cc(C(=O)Nc4cc(-c5ccccc5)no4)c(=O)c(O)c3C(=O)N12. The number of ether oxygens (including phenoxy) is 1. The van der Waals surface area contributed by atoms with Crippen LogP contribution in [0.5, 0.6) is 5.75 Å². The number of rotatable bonds is 3. The number of nitrogens with zero attached hydrogens (tertiary/aromatic N) is 3. The van der Waals surface area contributed by atoms with Gasteiger partial charge in [0.15, 0.2) is 17.7 Å². The third-order valence-corrected chi connectivity index (χ3v) is 5.74. The van der Waals surface area contributed by atoms with Crippen LogP contribution >= 0.6 is 0 Å². The van der Waals surface area contributed by atoms with Crippen LogP contribution in [0, 0.1) is 0 Å². The molecule has 4 heterocycles. The molecule has 0 radical (unpaired) electrons. The van der Waals surface area contributed by atoms with Gasteiger partial charge in [0.25, 0.3) is 11.8 Å². The third-order valence-electron chi connectivity index (χ3n) is 5.74. The first-order valence-corrected chi connectivity index (χ1v) is 10.2. The molecule has 0 unspecified atom stereocenters. The second kappa shape index (κ2) is 7.65. The number of benzene rings is 1. The Morgan fingerprint density at radius 2 is 2.03 bits per heavy atom. The number of carbonyl (C=O) groups is 2. The fourth-order valence-corrected chi connectivity index (χ4v) is 4.08. The highest BCUT2D eigenvalue weighted by Gasteiger charge is 2.41. The first kappa shape index (κ1) is 20.0. The number of aromatic hydroxyl groups is 1. The Hall–Kier alpha value is -3.92. The zero-order chi connectivity index (χ0) is 22.4. The van der Waals surface area contributed by atoms with E-state index in [4.69, 9.17) is 9.26 Å². The molecule has 10 nitrogen and oxygen atoms in total. The van der Waals surface area contributed by atoms with Crippen LogP contribution in [0.3, 0.4) is 0 Å². The van der Waals surface area contributed by atoms with Crippen molar-refractivity contribution in [3.05, 3.63) is 64.1 Å². The van der Waals surface area contributed by atoms with Crippen LogP contribution in [0.1, 0.15) is 34.2 Å². The maximum atomic E-state index is 12.9. The lowest BCUT2D eigenvalue weighted by Gasteiger charge is -2.44. The van der Waals surface area contributed by atoms with Crippen LogP contribution in [0.2, 0.25) is 0 Å². The Balaban J connectivity index is 1.45. The van der Waals surface area contributed by atoms with Crippen LogP contribution < -0.4 is 10.7 Å². The second-order valence-electron chi connectivity index (χ2n) is 7.79. The standard InChI is InChI=1S/C22H20N4O6/c1-12-7-8-31-17-11-25-10-14(19(27)20(28)18(25)22(30)26(12)17)21(29)23-16-9-15(24-32-16)13-5-3-2-4-6-13/h2-6,9-10,12,17,28H,7-8,11H2,1H3,(H,23,29)/t12-,17+/m1/s1. The monoisotopic (exact) mass is 436 g/mol. The highest BCUT2D eigenvalue weighted by atomic mass is 16.5. The van der Waals surface area contributed by atoms with Crippen LogP contribution in [0.15, 0.2) is 51.9 Å². The Bertz CT molecular complexity index is 1270. The summed E-state index contributed by atoms with van der Waals surface area (Å²) in [5.74, 6) is -2.01. The quantitative estimate of drug-likeness (QED) is 0.643. The molecule has 0 saturated carbocycles. The van der Waals surface area contributed by atoms with E-state index in [2.05, 4.69) is 10.5 Å². The molecule has 10 heteroatoms. The number of aromatic nitrogens is 2.